The normalized spacial score (nSPS) is 17.2. The second-order valence-electron chi connectivity index (χ2n) is 5.19. The zero-order valence-electron chi connectivity index (χ0n) is 12.6. The summed E-state index contributed by atoms with van der Waals surface area (Å²) in [6, 6.07) is 6.00. The minimum atomic E-state index is 0.0623. The Labute approximate surface area is 130 Å². The SMILES string of the molecule is Cc1c(C#CCCO)cccc1C(=O)N(C)C1CCSC1. The molecule has 1 aliphatic heterocycles. The van der Waals surface area contributed by atoms with Crippen LogP contribution in [0.2, 0.25) is 0 Å². The number of hydrogen-bond donors (Lipinski definition) is 1. The first kappa shape index (κ1) is 15.9. The van der Waals surface area contributed by atoms with Gasteiger partial charge in [-0.3, -0.25) is 4.79 Å². The van der Waals surface area contributed by atoms with Crippen molar-refractivity contribution in [2.45, 2.75) is 25.8 Å². The van der Waals surface area contributed by atoms with Crippen LogP contribution < -0.4 is 0 Å². The first-order valence-corrected chi connectivity index (χ1v) is 8.35. The monoisotopic (exact) mass is 303 g/mol. The molecule has 1 fully saturated rings. The van der Waals surface area contributed by atoms with Crippen LogP contribution in [0.25, 0.3) is 0 Å². The van der Waals surface area contributed by atoms with Crippen LogP contribution in [0.1, 0.15) is 34.3 Å². The Morgan fingerprint density at radius 1 is 1.52 bits per heavy atom. The molecule has 0 saturated carbocycles. The number of hydrogen-bond acceptors (Lipinski definition) is 3. The molecule has 0 radical (unpaired) electrons. The van der Waals surface area contributed by atoms with Crippen LogP contribution >= 0.6 is 11.8 Å². The van der Waals surface area contributed by atoms with Gasteiger partial charge in [-0.1, -0.05) is 17.9 Å². The fourth-order valence-corrected chi connectivity index (χ4v) is 3.67. The molecule has 1 heterocycles. The summed E-state index contributed by atoms with van der Waals surface area (Å²) in [5.41, 5.74) is 2.51. The van der Waals surface area contributed by atoms with Crippen LogP contribution in [0.15, 0.2) is 18.2 Å². The zero-order chi connectivity index (χ0) is 15.2. The molecule has 0 aliphatic carbocycles. The number of rotatable bonds is 3. The molecule has 2 rings (SSSR count). The van der Waals surface area contributed by atoms with Crippen LogP contribution in [-0.2, 0) is 0 Å². The number of carbonyl (C=O) groups excluding carboxylic acids is 1. The standard InChI is InChI=1S/C17H21NO2S/c1-13-14(6-3-4-10-19)7-5-8-16(13)17(20)18(2)15-9-11-21-12-15/h5,7-8,15,19H,4,9-12H2,1-2H3. The number of amides is 1. The van der Waals surface area contributed by atoms with E-state index in [1.807, 2.05) is 48.8 Å². The maximum Gasteiger partial charge on any atom is 0.254 e. The van der Waals surface area contributed by atoms with Crippen molar-refractivity contribution < 1.29 is 9.90 Å². The summed E-state index contributed by atoms with van der Waals surface area (Å²) >= 11 is 1.90. The maximum absolute atomic E-state index is 12.7. The average molecular weight is 303 g/mol. The van der Waals surface area contributed by atoms with E-state index in [4.69, 9.17) is 5.11 Å². The molecule has 1 N–H and O–H groups in total. The van der Waals surface area contributed by atoms with Gasteiger partial charge in [-0.25, -0.2) is 0 Å². The number of benzene rings is 1. The second kappa shape index (κ2) is 7.53. The van der Waals surface area contributed by atoms with E-state index in [2.05, 4.69) is 11.8 Å². The average Bonchev–Trinajstić information content (AvgIpc) is 3.02. The number of aliphatic hydroxyl groups excluding tert-OH is 1. The summed E-state index contributed by atoms with van der Waals surface area (Å²) in [6.07, 6.45) is 1.53. The fraction of sp³-hybridized carbons (Fsp3) is 0.471. The second-order valence-corrected chi connectivity index (χ2v) is 6.34. The van der Waals surface area contributed by atoms with Gasteiger partial charge >= 0.3 is 0 Å². The Balaban J connectivity index is 2.21. The van der Waals surface area contributed by atoms with Gasteiger partial charge in [-0.15, -0.1) is 0 Å². The summed E-state index contributed by atoms with van der Waals surface area (Å²) in [7, 11) is 1.89. The molecular formula is C17H21NO2S. The molecule has 1 atom stereocenters. The largest absolute Gasteiger partial charge is 0.395 e. The summed E-state index contributed by atoms with van der Waals surface area (Å²) in [5, 5.41) is 8.79. The Morgan fingerprint density at radius 3 is 3.00 bits per heavy atom. The molecule has 4 heteroatoms. The highest BCUT2D eigenvalue weighted by molar-refractivity contribution is 7.99. The van der Waals surface area contributed by atoms with E-state index < -0.39 is 0 Å². The van der Waals surface area contributed by atoms with Gasteiger partial charge in [-0.05, 0) is 36.8 Å². The number of carbonyl (C=O) groups is 1. The predicted octanol–water partition coefficient (Wildman–Crippen LogP) is 2.31. The third-order valence-corrected chi connectivity index (χ3v) is 4.94. The van der Waals surface area contributed by atoms with E-state index >= 15 is 0 Å². The first-order chi connectivity index (χ1) is 10.1. The molecule has 3 nitrogen and oxygen atoms in total. The zero-order valence-corrected chi connectivity index (χ0v) is 13.4. The molecule has 112 valence electrons. The van der Waals surface area contributed by atoms with Gasteiger partial charge < -0.3 is 10.0 Å². The van der Waals surface area contributed by atoms with Gasteiger partial charge in [0.2, 0.25) is 0 Å². The van der Waals surface area contributed by atoms with Gasteiger partial charge in [-0.2, -0.15) is 11.8 Å². The number of nitrogens with zero attached hydrogens (tertiary/aromatic N) is 1. The lowest BCUT2D eigenvalue weighted by molar-refractivity contribution is 0.0747. The van der Waals surface area contributed by atoms with Crippen LogP contribution in [0, 0.1) is 18.8 Å². The third kappa shape index (κ3) is 3.81. The van der Waals surface area contributed by atoms with Crippen LogP contribution in [0.3, 0.4) is 0 Å². The topological polar surface area (TPSA) is 40.5 Å². The number of thioether (sulfide) groups is 1. The lowest BCUT2D eigenvalue weighted by Crippen LogP contribution is -2.37. The van der Waals surface area contributed by atoms with Crippen molar-refractivity contribution in [1.82, 2.24) is 4.90 Å². The molecular weight excluding hydrogens is 282 g/mol. The smallest absolute Gasteiger partial charge is 0.254 e. The number of aliphatic hydroxyl groups is 1. The highest BCUT2D eigenvalue weighted by Crippen LogP contribution is 2.24. The molecule has 0 bridgehead atoms. The van der Waals surface area contributed by atoms with E-state index in [1.165, 1.54) is 0 Å². The summed E-state index contributed by atoms with van der Waals surface area (Å²) in [5.74, 6) is 8.18. The Bertz CT molecular complexity index is 568. The Morgan fingerprint density at radius 2 is 2.33 bits per heavy atom. The van der Waals surface area contributed by atoms with E-state index in [-0.39, 0.29) is 12.5 Å². The van der Waals surface area contributed by atoms with Gasteiger partial charge in [0, 0.05) is 36.4 Å². The van der Waals surface area contributed by atoms with Gasteiger partial charge in [0.25, 0.3) is 5.91 Å². The molecule has 21 heavy (non-hydrogen) atoms. The Hall–Kier alpha value is -1.44. The van der Waals surface area contributed by atoms with Crippen molar-refractivity contribution in [3.05, 3.63) is 34.9 Å². The third-order valence-electron chi connectivity index (χ3n) is 3.80. The van der Waals surface area contributed by atoms with Crippen molar-refractivity contribution >= 4 is 17.7 Å². The van der Waals surface area contributed by atoms with Crippen molar-refractivity contribution in [2.75, 3.05) is 25.2 Å². The first-order valence-electron chi connectivity index (χ1n) is 7.19. The van der Waals surface area contributed by atoms with E-state index in [0.717, 1.165) is 34.6 Å². The Kier molecular flexibility index (Phi) is 5.72. The molecule has 0 aromatic heterocycles. The predicted molar refractivity (Wildman–Crippen MR) is 87.6 cm³/mol. The van der Waals surface area contributed by atoms with Crippen molar-refractivity contribution in [3.8, 4) is 11.8 Å². The van der Waals surface area contributed by atoms with Gasteiger partial charge in [0.05, 0.1) is 6.61 Å². The van der Waals surface area contributed by atoms with Gasteiger partial charge in [0.15, 0.2) is 0 Å². The minimum Gasteiger partial charge on any atom is -0.395 e. The van der Waals surface area contributed by atoms with Gasteiger partial charge in [0.1, 0.15) is 0 Å². The summed E-state index contributed by atoms with van der Waals surface area (Å²) in [6.45, 7) is 2.00. The van der Waals surface area contributed by atoms with Crippen LogP contribution in [0.4, 0.5) is 0 Å². The maximum atomic E-state index is 12.7. The quantitative estimate of drug-likeness (QED) is 0.871. The summed E-state index contributed by atoms with van der Waals surface area (Å²) < 4.78 is 0. The highest BCUT2D eigenvalue weighted by atomic mass is 32.2. The van der Waals surface area contributed by atoms with Crippen molar-refractivity contribution in [2.24, 2.45) is 0 Å². The minimum absolute atomic E-state index is 0.0623. The highest BCUT2D eigenvalue weighted by Gasteiger charge is 2.25. The van der Waals surface area contributed by atoms with Crippen LogP contribution in [0.5, 0.6) is 0 Å². The van der Waals surface area contributed by atoms with E-state index in [1.54, 1.807) is 0 Å². The lowest BCUT2D eigenvalue weighted by atomic mass is 10.0. The van der Waals surface area contributed by atoms with Crippen molar-refractivity contribution in [1.29, 1.82) is 0 Å². The molecule has 1 saturated heterocycles. The molecule has 0 spiro atoms. The molecule has 1 aromatic carbocycles. The molecule has 1 unspecified atom stereocenters. The molecule has 1 amide bonds. The van der Waals surface area contributed by atoms with Crippen molar-refractivity contribution in [3.63, 3.8) is 0 Å². The van der Waals surface area contributed by atoms with Crippen LogP contribution in [-0.4, -0.2) is 47.1 Å². The molecule has 1 aromatic rings. The lowest BCUT2D eigenvalue weighted by Gasteiger charge is -2.24. The van der Waals surface area contributed by atoms with E-state index in [9.17, 15) is 4.79 Å². The molecule has 1 aliphatic rings. The summed E-state index contributed by atoms with van der Waals surface area (Å²) in [4.78, 5) is 14.5. The van der Waals surface area contributed by atoms with E-state index in [0.29, 0.717) is 12.5 Å². The fourth-order valence-electron chi connectivity index (χ4n) is 2.40.